The molecule has 2 unspecified atom stereocenters. The summed E-state index contributed by atoms with van der Waals surface area (Å²) in [6, 6.07) is 1.86. The first-order valence-electron chi connectivity index (χ1n) is 6.91. The minimum Gasteiger partial charge on any atom is -0.285 e. The first kappa shape index (κ1) is 10.1. The summed E-state index contributed by atoms with van der Waals surface area (Å²) in [5.41, 5.74) is 0. The van der Waals surface area contributed by atoms with E-state index in [1.165, 1.54) is 58.0 Å². The van der Waals surface area contributed by atoms with Gasteiger partial charge in [0.25, 0.3) is 0 Å². The van der Waals surface area contributed by atoms with E-state index in [-0.39, 0.29) is 0 Å². The molecule has 3 aliphatic rings. The first-order chi connectivity index (χ1) is 7.40. The molecule has 2 heteroatoms. The molecule has 3 heterocycles. The summed E-state index contributed by atoms with van der Waals surface area (Å²) in [4.78, 5) is 5.64. The van der Waals surface area contributed by atoms with Gasteiger partial charge in [0.15, 0.2) is 0 Å². The van der Waals surface area contributed by atoms with E-state index < -0.39 is 0 Å². The molecule has 0 spiro atoms. The van der Waals surface area contributed by atoms with Crippen molar-refractivity contribution >= 4 is 0 Å². The van der Waals surface area contributed by atoms with Crippen LogP contribution in [0, 0.1) is 0 Å². The van der Waals surface area contributed by atoms with Crippen molar-refractivity contribution in [1.29, 1.82) is 0 Å². The molecule has 0 amide bonds. The molecule has 0 bridgehead atoms. The molecule has 3 atom stereocenters. The van der Waals surface area contributed by atoms with Crippen LogP contribution < -0.4 is 0 Å². The van der Waals surface area contributed by atoms with Gasteiger partial charge in [-0.3, -0.25) is 9.80 Å². The Hall–Kier alpha value is -0.0800. The third kappa shape index (κ3) is 1.62. The summed E-state index contributed by atoms with van der Waals surface area (Å²) in [6.45, 7) is 5.09. The Morgan fingerprint density at radius 1 is 1.07 bits per heavy atom. The van der Waals surface area contributed by atoms with Crippen LogP contribution in [0.3, 0.4) is 0 Å². The molecule has 0 N–H and O–H groups in total. The van der Waals surface area contributed by atoms with E-state index in [0.29, 0.717) is 0 Å². The van der Waals surface area contributed by atoms with Gasteiger partial charge in [0.2, 0.25) is 0 Å². The molecule has 0 radical (unpaired) electrons. The summed E-state index contributed by atoms with van der Waals surface area (Å²) in [7, 11) is 0. The van der Waals surface area contributed by atoms with Crippen molar-refractivity contribution in [1.82, 2.24) is 9.80 Å². The van der Waals surface area contributed by atoms with Gasteiger partial charge in [-0.05, 0) is 45.1 Å². The second-order valence-electron chi connectivity index (χ2n) is 5.57. The fourth-order valence-corrected chi connectivity index (χ4v) is 4.12. The van der Waals surface area contributed by atoms with Crippen LogP contribution in [-0.2, 0) is 0 Å². The lowest BCUT2D eigenvalue weighted by molar-refractivity contribution is -0.0251. The lowest BCUT2D eigenvalue weighted by Gasteiger charge is -2.47. The highest BCUT2D eigenvalue weighted by atomic mass is 15.4. The normalized spacial score (nSPS) is 41.8. The zero-order chi connectivity index (χ0) is 10.3. The Balaban J connectivity index is 1.77. The fourth-order valence-electron chi connectivity index (χ4n) is 4.12. The van der Waals surface area contributed by atoms with Crippen molar-refractivity contribution < 1.29 is 0 Å². The van der Waals surface area contributed by atoms with E-state index in [9.17, 15) is 0 Å². The second-order valence-corrected chi connectivity index (χ2v) is 5.57. The van der Waals surface area contributed by atoms with Gasteiger partial charge < -0.3 is 0 Å². The number of fused-ring (bicyclic) bond motifs is 3. The van der Waals surface area contributed by atoms with Crippen molar-refractivity contribution in [2.75, 3.05) is 13.1 Å². The summed E-state index contributed by atoms with van der Waals surface area (Å²) in [5, 5.41) is 0. The zero-order valence-corrected chi connectivity index (χ0v) is 9.99. The Kier molecular flexibility index (Phi) is 2.73. The van der Waals surface area contributed by atoms with Crippen LogP contribution >= 0.6 is 0 Å². The molecule has 0 aromatic rings. The Bertz CT molecular complexity index is 229. The van der Waals surface area contributed by atoms with Crippen LogP contribution in [0.1, 0.15) is 51.9 Å². The molecule has 0 aromatic carbocycles. The Labute approximate surface area is 93.6 Å². The molecule has 86 valence electrons. The monoisotopic (exact) mass is 208 g/mol. The number of hydrogen-bond acceptors (Lipinski definition) is 2. The van der Waals surface area contributed by atoms with Crippen molar-refractivity contribution in [3.05, 3.63) is 0 Å². The van der Waals surface area contributed by atoms with Gasteiger partial charge >= 0.3 is 0 Å². The number of nitrogens with zero attached hydrogens (tertiary/aromatic N) is 2. The van der Waals surface area contributed by atoms with Gasteiger partial charge in [-0.15, -0.1) is 0 Å². The fraction of sp³-hybridized carbons (Fsp3) is 1.00. The van der Waals surface area contributed by atoms with Crippen LogP contribution in [0.5, 0.6) is 0 Å². The van der Waals surface area contributed by atoms with Crippen molar-refractivity contribution in [2.24, 2.45) is 0 Å². The summed E-state index contributed by atoms with van der Waals surface area (Å²) in [6.07, 6.45) is 10.9. The highest BCUT2D eigenvalue weighted by Gasteiger charge is 2.44. The highest BCUT2D eigenvalue weighted by molar-refractivity contribution is 4.97. The van der Waals surface area contributed by atoms with Crippen LogP contribution in [-0.4, -0.2) is 41.1 Å². The maximum Gasteiger partial charge on any atom is 0.0627 e. The minimum absolute atomic E-state index is 0.836. The smallest absolute Gasteiger partial charge is 0.0627 e. The molecule has 3 rings (SSSR count). The molecule has 3 fully saturated rings. The van der Waals surface area contributed by atoms with Gasteiger partial charge in [-0.25, -0.2) is 0 Å². The molecule has 3 aliphatic heterocycles. The molecule has 2 nitrogen and oxygen atoms in total. The average molecular weight is 208 g/mol. The Morgan fingerprint density at radius 3 is 2.73 bits per heavy atom. The van der Waals surface area contributed by atoms with Gasteiger partial charge in [-0.1, -0.05) is 13.3 Å². The van der Waals surface area contributed by atoms with Crippen LogP contribution in [0.15, 0.2) is 0 Å². The van der Waals surface area contributed by atoms with Gasteiger partial charge in [0.05, 0.1) is 6.17 Å². The number of rotatable bonds is 2. The largest absolute Gasteiger partial charge is 0.285 e. The highest BCUT2D eigenvalue weighted by Crippen LogP contribution is 2.38. The maximum absolute atomic E-state index is 2.82. The van der Waals surface area contributed by atoms with E-state index in [1.807, 2.05) is 0 Å². The summed E-state index contributed by atoms with van der Waals surface area (Å²) in [5.74, 6) is 0. The van der Waals surface area contributed by atoms with E-state index in [2.05, 4.69) is 16.7 Å². The van der Waals surface area contributed by atoms with Crippen molar-refractivity contribution in [2.45, 2.75) is 70.1 Å². The van der Waals surface area contributed by atoms with Crippen molar-refractivity contribution in [3.63, 3.8) is 0 Å². The van der Waals surface area contributed by atoms with Crippen LogP contribution in [0.4, 0.5) is 0 Å². The predicted octanol–water partition coefficient (Wildman–Crippen LogP) is 2.45. The van der Waals surface area contributed by atoms with E-state index in [4.69, 9.17) is 0 Å². The molecule has 15 heavy (non-hydrogen) atoms. The summed E-state index contributed by atoms with van der Waals surface area (Å²) >= 11 is 0. The Morgan fingerprint density at radius 2 is 1.87 bits per heavy atom. The first-order valence-corrected chi connectivity index (χ1v) is 6.91. The molecule has 0 saturated carbocycles. The molecule has 3 saturated heterocycles. The molecule has 0 aromatic heterocycles. The van der Waals surface area contributed by atoms with E-state index >= 15 is 0 Å². The van der Waals surface area contributed by atoms with Gasteiger partial charge in [-0.2, -0.15) is 0 Å². The molecular formula is C13H24N2. The molecule has 0 aliphatic carbocycles. The van der Waals surface area contributed by atoms with Crippen LogP contribution in [0.2, 0.25) is 0 Å². The second kappa shape index (κ2) is 4.06. The zero-order valence-electron chi connectivity index (χ0n) is 9.99. The lowest BCUT2D eigenvalue weighted by Crippen LogP contribution is -2.57. The topological polar surface area (TPSA) is 6.48 Å². The van der Waals surface area contributed by atoms with Gasteiger partial charge in [0, 0.05) is 18.6 Å². The maximum atomic E-state index is 2.82. The molecular weight excluding hydrogens is 184 g/mol. The average Bonchev–Trinajstić information content (AvgIpc) is 2.84. The third-order valence-corrected chi connectivity index (χ3v) is 4.70. The van der Waals surface area contributed by atoms with Crippen LogP contribution in [0.25, 0.3) is 0 Å². The summed E-state index contributed by atoms with van der Waals surface area (Å²) < 4.78 is 0. The quantitative estimate of drug-likeness (QED) is 0.688. The van der Waals surface area contributed by atoms with Gasteiger partial charge in [0.1, 0.15) is 0 Å². The lowest BCUT2D eigenvalue weighted by atomic mass is 9.96. The SMILES string of the molecule is CCC[C@H]1CC2CCCN2C2CCCN21. The van der Waals surface area contributed by atoms with Crippen molar-refractivity contribution in [3.8, 4) is 0 Å². The minimum atomic E-state index is 0.836. The predicted molar refractivity (Wildman–Crippen MR) is 62.8 cm³/mol. The van der Waals surface area contributed by atoms with E-state index in [0.717, 1.165) is 18.2 Å². The standard InChI is InChI=1S/C13H24N2/c1-2-5-11-10-12-6-3-8-15(12)13-7-4-9-14(11)13/h11-13H,2-10H2,1H3/t11-,12?,13?/m0/s1. The van der Waals surface area contributed by atoms with E-state index in [1.54, 1.807) is 0 Å². The number of hydrogen-bond donors (Lipinski definition) is 0. The third-order valence-electron chi connectivity index (χ3n) is 4.70.